The first-order chi connectivity index (χ1) is 11.3. The minimum absolute atomic E-state index is 0. The molecule has 0 saturated carbocycles. The number of nitrogens with zero attached hydrogens (tertiary/aromatic N) is 2. The highest BCUT2D eigenvalue weighted by Crippen LogP contribution is 2.30. The summed E-state index contributed by atoms with van der Waals surface area (Å²) in [5.74, 6) is 1.14. The van der Waals surface area contributed by atoms with Crippen LogP contribution >= 0.6 is 35.3 Å². The van der Waals surface area contributed by atoms with Gasteiger partial charge in [-0.15, -0.1) is 35.3 Å². The number of thiazole rings is 1. The molecular weight excluding hydrogens is 468 g/mol. The molecule has 0 atom stereocenters. The van der Waals surface area contributed by atoms with Crippen molar-refractivity contribution in [2.45, 2.75) is 39.9 Å². The molecule has 0 unspecified atom stereocenters. The molecule has 0 fully saturated rings. The number of nitrogens with one attached hydrogen (secondary N) is 2. The quantitative estimate of drug-likeness (QED) is 0.237. The van der Waals surface area contributed by atoms with E-state index in [9.17, 15) is 13.2 Å². The van der Waals surface area contributed by atoms with Gasteiger partial charge in [-0.25, -0.2) is 9.98 Å². The van der Waals surface area contributed by atoms with Crippen molar-refractivity contribution in [3.05, 3.63) is 16.1 Å². The summed E-state index contributed by atoms with van der Waals surface area (Å²) in [7, 11) is 0. The molecular formula is C15H26F3IN4OS. The lowest BCUT2D eigenvalue weighted by atomic mass is 10.1. The van der Waals surface area contributed by atoms with Crippen LogP contribution in [0.25, 0.3) is 0 Å². The highest BCUT2D eigenvalue weighted by atomic mass is 127. The molecule has 0 aromatic carbocycles. The summed E-state index contributed by atoms with van der Waals surface area (Å²) in [6, 6.07) is 0. The van der Waals surface area contributed by atoms with E-state index in [0.29, 0.717) is 43.2 Å². The molecule has 0 spiro atoms. The van der Waals surface area contributed by atoms with E-state index in [-0.39, 0.29) is 30.5 Å². The van der Waals surface area contributed by atoms with E-state index in [2.05, 4.69) is 34.5 Å². The average molecular weight is 494 g/mol. The maximum Gasteiger partial charge on any atom is 0.434 e. The van der Waals surface area contributed by atoms with Crippen molar-refractivity contribution < 1.29 is 17.9 Å². The maximum atomic E-state index is 12.5. The zero-order valence-electron chi connectivity index (χ0n) is 14.7. The highest BCUT2D eigenvalue weighted by molar-refractivity contribution is 14.0. The fourth-order valence-electron chi connectivity index (χ4n) is 1.66. The van der Waals surface area contributed by atoms with Crippen molar-refractivity contribution in [3.63, 3.8) is 0 Å². The van der Waals surface area contributed by atoms with Crippen LogP contribution in [0, 0.1) is 5.92 Å². The van der Waals surface area contributed by atoms with Gasteiger partial charge >= 0.3 is 6.18 Å². The lowest BCUT2D eigenvalue weighted by Gasteiger charge is -2.11. The molecule has 0 saturated heterocycles. The first-order valence-electron chi connectivity index (χ1n) is 7.94. The molecule has 1 rings (SSSR count). The second kappa shape index (κ2) is 12.7. The van der Waals surface area contributed by atoms with E-state index in [1.54, 1.807) is 0 Å². The monoisotopic (exact) mass is 494 g/mol. The molecule has 0 aliphatic rings. The van der Waals surface area contributed by atoms with E-state index in [4.69, 9.17) is 4.74 Å². The van der Waals surface area contributed by atoms with Gasteiger partial charge in [-0.2, -0.15) is 13.2 Å². The summed E-state index contributed by atoms with van der Waals surface area (Å²) < 4.78 is 43.0. The van der Waals surface area contributed by atoms with Gasteiger partial charge in [0.15, 0.2) is 11.7 Å². The highest BCUT2D eigenvalue weighted by Gasteiger charge is 2.33. The van der Waals surface area contributed by atoms with Crippen molar-refractivity contribution in [2.24, 2.45) is 10.9 Å². The number of aliphatic imine (C=N–C) groups is 1. The van der Waals surface area contributed by atoms with E-state index in [1.807, 2.05) is 6.92 Å². The number of ether oxygens (including phenoxy) is 1. The van der Waals surface area contributed by atoms with Gasteiger partial charge in [0.25, 0.3) is 0 Å². The predicted molar refractivity (Wildman–Crippen MR) is 106 cm³/mol. The molecule has 10 heteroatoms. The standard InChI is InChI=1S/C15H25F3N4OS.HI/c1-4-19-14(20-6-8-23-7-5-11(2)3)21-9-13-22-12(10-24-13)15(16,17)18;/h10-11H,4-9H2,1-3H3,(H2,19,20,21);1H. The van der Waals surface area contributed by atoms with Gasteiger partial charge in [-0.05, 0) is 19.3 Å². The minimum Gasteiger partial charge on any atom is -0.380 e. The summed E-state index contributed by atoms with van der Waals surface area (Å²) in [5, 5.41) is 7.46. The maximum absolute atomic E-state index is 12.5. The number of halogens is 4. The van der Waals surface area contributed by atoms with Gasteiger partial charge in [-0.3, -0.25) is 0 Å². The number of rotatable bonds is 9. The van der Waals surface area contributed by atoms with Crippen LogP contribution in [-0.4, -0.2) is 37.2 Å². The van der Waals surface area contributed by atoms with Crippen LogP contribution in [-0.2, 0) is 17.5 Å². The van der Waals surface area contributed by atoms with Crippen LogP contribution in [0.1, 0.15) is 37.9 Å². The van der Waals surface area contributed by atoms with Crippen molar-refractivity contribution in [2.75, 3.05) is 26.3 Å². The topological polar surface area (TPSA) is 58.5 Å². The molecule has 0 amide bonds. The van der Waals surface area contributed by atoms with Crippen LogP contribution in [0.5, 0.6) is 0 Å². The lowest BCUT2D eigenvalue weighted by molar-refractivity contribution is -0.140. The smallest absolute Gasteiger partial charge is 0.380 e. The summed E-state index contributed by atoms with van der Waals surface area (Å²) in [4.78, 5) is 7.80. The van der Waals surface area contributed by atoms with Crippen LogP contribution in [0.4, 0.5) is 13.2 Å². The van der Waals surface area contributed by atoms with Crippen LogP contribution < -0.4 is 10.6 Å². The van der Waals surface area contributed by atoms with Gasteiger partial charge in [0, 0.05) is 25.1 Å². The fourth-order valence-corrected chi connectivity index (χ4v) is 2.39. The molecule has 1 heterocycles. The van der Waals surface area contributed by atoms with Gasteiger partial charge < -0.3 is 15.4 Å². The molecule has 25 heavy (non-hydrogen) atoms. The van der Waals surface area contributed by atoms with Crippen LogP contribution in [0.2, 0.25) is 0 Å². The van der Waals surface area contributed by atoms with Crippen molar-refractivity contribution in [1.82, 2.24) is 15.6 Å². The third-order valence-electron chi connectivity index (χ3n) is 2.94. The normalized spacial score (nSPS) is 12.2. The lowest BCUT2D eigenvalue weighted by Crippen LogP contribution is -2.39. The van der Waals surface area contributed by atoms with Gasteiger partial charge in [0.1, 0.15) is 5.01 Å². The third kappa shape index (κ3) is 10.9. The molecule has 2 N–H and O–H groups in total. The Morgan fingerprint density at radius 2 is 2.04 bits per heavy atom. The second-order valence-corrected chi connectivity index (χ2v) is 6.48. The SMILES string of the molecule is CCNC(=NCc1nc(C(F)(F)F)cs1)NCCOCCC(C)C.I. The second-order valence-electron chi connectivity index (χ2n) is 5.54. The largest absolute Gasteiger partial charge is 0.434 e. The summed E-state index contributed by atoms with van der Waals surface area (Å²) in [6.07, 6.45) is -3.39. The van der Waals surface area contributed by atoms with Crippen molar-refractivity contribution >= 4 is 41.3 Å². The molecule has 0 aliphatic heterocycles. The molecule has 1 aromatic heterocycles. The third-order valence-corrected chi connectivity index (χ3v) is 3.77. The van der Waals surface area contributed by atoms with Crippen LogP contribution in [0.15, 0.2) is 10.4 Å². The van der Waals surface area contributed by atoms with Crippen LogP contribution in [0.3, 0.4) is 0 Å². The van der Waals surface area contributed by atoms with E-state index < -0.39 is 11.9 Å². The molecule has 0 radical (unpaired) electrons. The number of hydrogen-bond acceptors (Lipinski definition) is 4. The first-order valence-corrected chi connectivity index (χ1v) is 8.82. The summed E-state index contributed by atoms with van der Waals surface area (Å²) in [5.41, 5.74) is -0.866. The Balaban J connectivity index is 0.00000576. The molecule has 0 aliphatic carbocycles. The Morgan fingerprint density at radius 1 is 1.32 bits per heavy atom. The van der Waals surface area contributed by atoms with E-state index in [1.165, 1.54) is 0 Å². The van der Waals surface area contributed by atoms with Gasteiger partial charge in [0.05, 0.1) is 13.2 Å². The van der Waals surface area contributed by atoms with Crippen molar-refractivity contribution in [3.8, 4) is 0 Å². The van der Waals surface area contributed by atoms with E-state index >= 15 is 0 Å². The zero-order valence-corrected chi connectivity index (χ0v) is 17.8. The Labute approximate surface area is 167 Å². The average Bonchev–Trinajstić information content (AvgIpc) is 2.97. The van der Waals surface area contributed by atoms with E-state index in [0.717, 1.165) is 23.1 Å². The number of hydrogen-bond donors (Lipinski definition) is 2. The Morgan fingerprint density at radius 3 is 2.60 bits per heavy atom. The zero-order chi connectivity index (χ0) is 18.0. The van der Waals surface area contributed by atoms with Gasteiger partial charge in [-0.1, -0.05) is 13.8 Å². The summed E-state index contributed by atoms with van der Waals surface area (Å²) >= 11 is 0.956. The summed E-state index contributed by atoms with van der Waals surface area (Å²) in [6.45, 7) is 8.80. The molecule has 5 nitrogen and oxygen atoms in total. The Bertz CT molecular complexity index is 509. The Hall–Kier alpha value is -0.620. The fraction of sp³-hybridized carbons (Fsp3) is 0.733. The molecule has 0 bridgehead atoms. The number of aromatic nitrogens is 1. The minimum atomic E-state index is -4.41. The van der Waals surface area contributed by atoms with Gasteiger partial charge in [0.2, 0.25) is 0 Å². The first kappa shape index (κ1) is 24.4. The molecule has 146 valence electrons. The predicted octanol–water partition coefficient (Wildman–Crippen LogP) is 3.90. The number of guanidine groups is 1. The van der Waals surface area contributed by atoms with Crippen molar-refractivity contribution in [1.29, 1.82) is 0 Å². The Kier molecular flexibility index (Phi) is 12.4. The number of alkyl halides is 3. The molecule has 1 aromatic rings.